The van der Waals surface area contributed by atoms with Crippen LogP contribution < -0.4 is 5.32 Å². The molecule has 82 valence electrons. The van der Waals surface area contributed by atoms with Gasteiger partial charge in [-0.1, -0.05) is 0 Å². The molecule has 0 spiro atoms. The number of halogens is 2. The van der Waals surface area contributed by atoms with Gasteiger partial charge in [0.2, 0.25) is 0 Å². The molecule has 0 saturated heterocycles. The Bertz CT molecular complexity index is 509. The van der Waals surface area contributed by atoms with Crippen molar-refractivity contribution in [3.8, 4) is 0 Å². The van der Waals surface area contributed by atoms with E-state index >= 15 is 0 Å². The molecule has 16 heavy (non-hydrogen) atoms. The van der Waals surface area contributed by atoms with Crippen molar-refractivity contribution in [2.24, 2.45) is 0 Å². The summed E-state index contributed by atoms with van der Waals surface area (Å²) in [5, 5.41) is 4.67. The van der Waals surface area contributed by atoms with Crippen molar-refractivity contribution in [3.05, 3.63) is 48.6 Å². The molecular weight excluding hydrogens is 401 g/mol. The van der Waals surface area contributed by atoms with Crippen LogP contribution in [0.3, 0.4) is 0 Å². The molecule has 5 heteroatoms. The Labute approximate surface area is 119 Å². The fourth-order valence-electron chi connectivity index (χ4n) is 1.17. The molecule has 1 N–H and O–H groups in total. The molecule has 2 aromatic rings. The van der Waals surface area contributed by atoms with Gasteiger partial charge in [-0.05, 0) is 68.9 Å². The van der Waals surface area contributed by atoms with Crippen LogP contribution in [-0.2, 0) is 0 Å². The third-order valence-corrected chi connectivity index (χ3v) is 4.16. The average molecular weight is 408 g/mol. The van der Waals surface area contributed by atoms with Gasteiger partial charge in [-0.2, -0.15) is 0 Å². The molecule has 1 aromatic heterocycles. The molecule has 0 aliphatic heterocycles. The maximum atomic E-state index is 11.8. The average Bonchev–Trinajstić information content (AvgIpc) is 2.68. The van der Waals surface area contributed by atoms with E-state index in [0.29, 0.717) is 5.56 Å². The fourth-order valence-corrected chi connectivity index (χ4v) is 2.66. The predicted octanol–water partition coefficient (Wildman–Crippen LogP) is 4.37. The highest BCUT2D eigenvalue weighted by atomic mass is 127. The van der Waals surface area contributed by atoms with Gasteiger partial charge in [0, 0.05) is 14.6 Å². The SMILES string of the molecule is O=C(Nc1ccc(I)cc1)c1csc(Br)c1. The molecule has 0 saturated carbocycles. The number of benzene rings is 1. The van der Waals surface area contributed by atoms with E-state index in [1.165, 1.54) is 11.3 Å². The summed E-state index contributed by atoms with van der Waals surface area (Å²) >= 11 is 7.06. The van der Waals surface area contributed by atoms with E-state index in [4.69, 9.17) is 0 Å². The lowest BCUT2D eigenvalue weighted by molar-refractivity contribution is 0.102. The summed E-state index contributed by atoms with van der Waals surface area (Å²) in [6.07, 6.45) is 0. The van der Waals surface area contributed by atoms with Gasteiger partial charge < -0.3 is 5.32 Å². The molecule has 2 rings (SSSR count). The standard InChI is InChI=1S/C11H7BrINOS/c12-10-5-7(6-16-10)11(15)14-9-3-1-8(13)2-4-9/h1-6H,(H,14,15). The van der Waals surface area contributed by atoms with Crippen LogP contribution in [0.2, 0.25) is 0 Å². The fraction of sp³-hybridized carbons (Fsp3) is 0. The summed E-state index contributed by atoms with van der Waals surface area (Å²) in [7, 11) is 0. The molecule has 2 nitrogen and oxygen atoms in total. The van der Waals surface area contributed by atoms with Crippen molar-refractivity contribution in [2.45, 2.75) is 0 Å². The largest absolute Gasteiger partial charge is 0.322 e. The van der Waals surface area contributed by atoms with Crippen molar-refractivity contribution < 1.29 is 4.79 Å². The van der Waals surface area contributed by atoms with Gasteiger partial charge in [0.15, 0.2) is 0 Å². The maximum absolute atomic E-state index is 11.8. The molecule has 1 aromatic carbocycles. The Balaban J connectivity index is 2.10. The lowest BCUT2D eigenvalue weighted by atomic mass is 10.3. The molecule has 0 aliphatic rings. The molecule has 1 heterocycles. The van der Waals surface area contributed by atoms with E-state index in [1.54, 1.807) is 0 Å². The molecule has 0 aliphatic carbocycles. The summed E-state index contributed by atoms with van der Waals surface area (Å²) in [5.41, 5.74) is 1.49. The molecule has 0 unspecified atom stereocenters. The summed E-state index contributed by atoms with van der Waals surface area (Å²) in [4.78, 5) is 11.8. The van der Waals surface area contributed by atoms with Gasteiger partial charge in [-0.25, -0.2) is 0 Å². The van der Waals surface area contributed by atoms with Crippen LogP contribution in [0.5, 0.6) is 0 Å². The Morgan fingerprint density at radius 1 is 1.31 bits per heavy atom. The highest BCUT2D eigenvalue weighted by Gasteiger charge is 2.07. The second-order valence-electron chi connectivity index (χ2n) is 3.10. The van der Waals surface area contributed by atoms with Gasteiger partial charge in [0.05, 0.1) is 9.35 Å². The summed E-state index contributed by atoms with van der Waals surface area (Å²) in [5.74, 6) is -0.0804. The highest BCUT2D eigenvalue weighted by molar-refractivity contribution is 14.1. The van der Waals surface area contributed by atoms with Crippen LogP contribution in [0.15, 0.2) is 39.5 Å². The van der Waals surface area contributed by atoms with E-state index in [9.17, 15) is 4.79 Å². The van der Waals surface area contributed by atoms with Gasteiger partial charge in [0.25, 0.3) is 5.91 Å². The van der Waals surface area contributed by atoms with E-state index < -0.39 is 0 Å². The molecule has 0 atom stereocenters. The number of carbonyl (C=O) groups is 1. The van der Waals surface area contributed by atoms with Crippen molar-refractivity contribution in [3.63, 3.8) is 0 Å². The van der Waals surface area contributed by atoms with Crippen LogP contribution in [0.1, 0.15) is 10.4 Å². The minimum atomic E-state index is -0.0804. The molecular formula is C11H7BrINOS. The van der Waals surface area contributed by atoms with Crippen LogP contribution in [-0.4, -0.2) is 5.91 Å². The molecule has 0 bridgehead atoms. The molecule has 0 fully saturated rings. The van der Waals surface area contributed by atoms with E-state index in [2.05, 4.69) is 43.8 Å². The van der Waals surface area contributed by atoms with Crippen LogP contribution in [0.25, 0.3) is 0 Å². The number of thiophene rings is 1. The van der Waals surface area contributed by atoms with E-state index in [0.717, 1.165) is 13.0 Å². The topological polar surface area (TPSA) is 29.1 Å². The van der Waals surface area contributed by atoms with Gasteiger partial charge in [-0.15, -0.1) is 11.3 Å². The predicted molar refractivity (Wildman–Crippen MR) is 79.1 cm³/mol. The van der Waals surface area contributed by atoms with Crippen molar-refractivity contribution in [1.82, 2.24) is 0 Å². The summed E-state index contributed by atoms with van der Waals surface area (Å²) in [6.45, 7) is 0. The molecule has 1 amide bonds. The van der Waals surface area contributed by atoms with Gasteiger partial charge in [0.1, 0.15) is 0 Å². The second kappa shape index (κ2) is 5.29. The maximum Gasteiger partial charge on any atom is 0.256 e. The van der Waals surface area contributed by atoms with Crippen molar-refractivity contribution in [2.75, 3.05) is 5.32 Å². The smallest absolute Gasteiger partial charge is 0.256 e. The Hall–Kier alpha value is -0.400. The first-order chi connectivity index (χ1) is 7.65. The number of amides is 1. The van der Waals surface area contributed by atoms with Crippen LogP contribution in [0.4, 0.5) is 5.69 Å². The normalized spacial score (nSPS) is 10.1. The first-order valence-corrected chi connectivity index (χ1v) is 7.21. The summed E-state index contributed by atoms with van der Waals surface area (Å²) < 4.78 is 2.11. The first kappa shape index (κ1) is 12.1. The highest BCUT2D eigenvalue weighted by Crippen LogP contribution is 2.21. The lowest BCUT2D eigenvalue weighted by Crippen LogP contribution is -2.10. The Morgan fingerprint density at radius 3 is 2.56 bits per heavy atom. The van der Waals surface area contributed by atoms with Gasteiger partial charge >= 0.3 is 0 Å². The minimum Gasteiger partial charge on any atom is -0.322 e. The van der Waals surface area contributed by atoms with E-state index in [1.807, 2.05) is 35.7 Å². The Morgan fingerprint density at radius 2 is 2.00 bits per heavy atom. The third-order valence-electron chi connectivity index (χ3n) is 1.93. The quantitative estimate of drug-likeness (QED) is 0.736. The molecule has 0 radical (unpaired) electrons. The zero-order valence-electron chi connectivity index (χ0n) is 8.04. The number of rotatable bonds is 2. The number of carbonyl (C=O) groups excluding carboxylic acids is 1. The lowest BCUT2D eigenvalue weighted by Gasteiger charge is -2.03. The van der Waals surface area contributed by atoms with Gasteiger partial charge in [-0.3, -0.25) is 4.79 Å². The monoisotopic (exact) mass is 407 g/mol. The minimum absolute atomic E-state index is 0.0804. The van der Waals surface area contributed by atoms with E-state index in [-0.39, 0.29) is 5.91 Å². The van der Waals surface area contributed by atoms with Crippen LogP contribution in [0, 0.1) is 3.57 Å². The third kappa shape index (κ3) is 3.05. The number of nitrogens with one attached hydrogen (secondary N) is 1. The number of anilines is 1. The zero-order valence-corrected chi connectivity index (χ0v) is 12.6. The second-order valence-corrected chi connectivity index (χ2v) is 6.64. The Kier molecular flexibility index (Phi) is 3.99. The summed E-state index contributed by atoms with van der Waals surface area (Å²) in [6, 6.07) is 9.51. The van der Waals surface area contributed by atoms with Crippen molar-refractivity contribution in [1.29, 1.82) is 0 Å². The van der Waals surface area contributed by atoms with Crippen LogP contribution >= 0.6 is 49.9 Å². The first-order valence-electron chi connectivity index (χ1n) is 4.46. The number of hydrogen-bond acceptors (Lipinski definition) is 2. The van der Waals surface area contributed by atoms with Crippen molar-refractivity contribution >= 4 is 61.5 Å². The zero-order chi connectivity index (χ0) is 11.5. The number of hydrogen-bond donors (Lipinski definition) is 1.